The van der Waals surface area contributed by atoms with Crippen LogP contribution in [-0.4, -0.2) is 9.92 Å². The van der Waals surface area contributed by atoms with Crippen LogP contribution in [0.25, 0.3) is 0 Å². The van der Waals surface area contributed by atoms with Crippen LogP contribution >= 0.6 is 11.8 Å². The molecular formula is C11H12N2OS2. The zero-order valence-corrected chi connectivity index (χ0v) is 10.3. The highest BCUT2D eigenvalue weighted by Crippen LogP contribution is 2.32. The summed E-state index contributed by atoms with van der Waals surface area (Å²) >= 11 is 6.31. The van der Waals surface area contributed by atoms with Crippen molar-refractivity contribution < 1.29 is 4.17 Å². The molecule has 1 fully saturated rings. The van der Waals surface area contributed by atoms with Crippen LogP contribution in [0.15, 0.2) is 42.2 Å². The van der Waals surface area contributed by atoms with Gasteiger partial charge in [-0.15, -0.1) is 11.8 Å². The van der Waals surface area contributed by atoms with Gasteiger partial charge in [-0.3, -0.25) is 0 Å². The van der Waals surface area contributed by atoms with Crippen molar-refractivity contribution in [3.8, 4) is 0 Å². The third-order valence-electron chi connectivity index (χ3n) is 2.34. The molecule has 84 valence electrons. The van der Waals surface area contributed by atoms with Gasteiger partial charge < -0.3 is 18.1 Å². The van der Waals surface area contributed by atoms with Gasteiger partial charge in [-0.1, -0.05) is 34.5 Å². The number of rotatable bonds is 2. The van der Waals surface area contributed by atoms with Gasteiger partial charge in [-0.05, 0) is 5.56 Å². The summed E-state index contributed by atoms with van der Waals surface area (Å²) in [6.07, 6.45) is 2.30. The van der Waals surface area contributed by atoms with Crippen molar-refractivity contribution in [1.82, 2.24) is 5.32 Å². The Morgan fingerprint density at radius 2 is 2.19 bits per heavy atom. The van der Waals surface area contributed by atoms with E-state index in [1.807, 2.05) is 30.0 Å². The minimum absolute atomic E-state index is 0.219. The summed E-state index contributed by atoms with van der Waals surface area (Å²) in [6, 6.07) is 10.2. The molecule has 1 atom stereocenters. The summed E-state index contributed by atoms with van der Waals surface area (Å²) in [5, 5.41) is 3.54. The Morgan fingerprint density at radius 1 is 1.44 bits per heavy atom. The van der Waals surface area contributed by atoms with E-state index < -0.39 is 0 Å². The van der Waals surface area contributed by atoms with E-state index in [1.165, 1.54) is 11.8 Å². The smallest absolute Gasteiger partial charge is 0.221 e. The molecule has 0 amide bonds. The van der Waals surface area contributed by atoms with E-state index in [0.717, 1.165) is 17.9 Å². The SMILES string of the molecule is O=[N+]([S-])C=C1CCSC(c2ccccc2)N1. The number of nitrogens with one attached hydrogen (secondary N) is 1. The van der Waals surface area contributed by atoms with Crippen molar-refractivity contribution in [3.05, 3.63) is 52.7 Å². The third-order valence-corrected chi connectivity index (χ3v) is 3.60. The molecule has 5 heteroatoms. The van der Waals surface area contributed by atoms with Crippen LogP contribution in [0.3, 0.4) is 0 Å². The lowest BCUT2D eigenvalue weighted by molar-refractivity contribution is -0.283. The van der Waals surface area contributed by atoms with E-state index in [9.17, 15) is 4.91 Å². The van der Waals surface area contributed by atoms with Crippen molar-refractivity contribution in [3.63, 3.8) is 0 Å². The van der Waals surface area contributed by atoms with E-state index in [2.05, 4.69) is 30.3 Å². The second-order valence-corrected chi connectivity index (χ2v) is 5.07. The molecule has 1 aliphatic heterocycles. The maximum absolute atomic E-state index is 10.8. The predicted octanol–water partition coefficient (Wildman–Crippen LogP) is 2.49. The van der Waals surface area contributed by atoms with E-state index in [1.54, 1.807) is 0 Å². The molecule has 0 aromatic heterocycles. The fraction of sp³-hybridized carbons (Fsp3) is 0.273. The summed E-state index contributed by atoms with van der Waals surface area (Å²) in [6.45, 7) is 0. The Hall–Kier alpha value is -1.07. The number of hydrogen-bond acceptors (Lipinski definition) is 4. The second kappa shape index (κ2) is 5.32. The first kappa shape index (κ1) is 11.4. The number of nitrogens with zero attached hydrogens (tertiary/aromatic N) is 1. The number of thioether (sulfide) groups is 1. The molecule has 1 aliphatic rings. The molecule has 1 aromatic rings. The van der Waals surface area contributed by atoms with E-state index in [0.29, 0.717) is 4.17 Å². The summed E-state index contributed by atoms with van der Waals surface area (Å²) in [5.41, 5.74) is 2.14. The Kier molecular flexibility index (Phi) is 3.79. The van der Waals surface area contributed by atoms with E-state index in [-0.39, 0.29) is 5.37 Å². The number of allylic oxidation sites excluding steroid dienone is 1. The van der Waals surface area contributed by atoms with Gasteiger partial charge in [0.1, 0.15) is 0 Å². The predicted molar refractivity (Wildman–Crippen MR) is 68.5 cm³/mol. The first-order valence-corrected chi connectivity index (χ1v) is 6.44. The standard InChI is InChI=1S/C11H12N2OS2/c14-13(15)8-10-6-7-16-11(12-10)9-4-2-1-3-5-9/h1-5,8,11-12H,6-7H2. The quantitative estimate of drug-likeness (QED) is 0.647. The monoisotopic (exact) mass is 252 g/mol. The van der Waals surface area contributed by atoms with Crippen LogP contribution in [0.1, 0.15) is 17.4 Å². The Balaban J connectivity index is 2.11. The highest BCUT2D eigenvalue weighted by atomic mass is 32.2. The first-order valence-electron chi connectivity index (χ1n) is 5.03. The average Bonchev–Trinajstić information content (AvgIpc) is 2.30. The molecule has 1 N–H and O–H groups in total. The lowest BCUT2D eigenvalue weighted by Crippen LogP contribution is -2.24. The van der Waals surface area contributed by atoms with Crippen molar-refractivity contribution in [2.45, 2.75) is 11.8 Å². The summed E-state index contributed by atoms with van der Waals surface area (Å²) < 4.78 is 0.431. The lowest BCUT2D eigenvalue weighted by atomic mass is 10.2. The number of benzene rings is 1. The minimum atomic E-state index is 0.219. The van der Waals surface area contributed by atoms with Gasteiger partial charge in [0.2, 0.25) is 6.20 Å². The largest absolute Gasteiger partial charge is 0.368 e. The molecule has 1 saturated heterocycles. The van der Waals surface area contributed by atoms with Gasteiger partial charge in [-0.25, -0.2) is 0 Å². The Labute approximate surface area is 104 Å². The third kappa shape index (κ3) is 2.96. The van der Waals surface area contributed by atoms with Gasteiger partial charge in [0.15, 0.2) is 0 Å². The van der Waals surface area contributed by atoms with E-state index >= 15 is 0 Å². The van der Waals surface area contributed by atoms with Crippen molar-refractivity contribution in [2.75, 3.05) is 5.75 Å². The van der Waals surface area contributed by atoms with Gasteiger partial charge in [0.05, 0.1) is 11.1 Å². The molecule has 2 rings (SSSR count). The van der Waals surface area contributed by atoms with Crippen LogP contribution in [0.2, 0.25) is 0 Å². The van der Waals surface area contributed by atoms with Crippen LogP contribution in [0.5, 0.6) is 0 Å². The zero-order chi connectivity index (χ0) is 11.4. The van der Waals surface area contributed by atoms with E-state index in [4.69, 9.17) is 0 Å². The highest BCUT2D eigenvalue weighted by Gasteiger charge is 2.19. The number of nitroso groups, excluding NO2 is 1. The maximum atomic E-state index is 10.8. The second-order valence-electron chi connectivity index (χ2n) is 3.50. The Morgan fingerprint density at radius 3 is 2.88 bits per heavy atom. The topological polar surface area (TPSA) is 32.1 Å². The first-order chi connectivity index (χ1) is 7.75. The molecule has 0 radical (unpaired) electrons. The summed E-state index contributed by atoms with van der Waals surface area (Å²) in [5.74, 6) is 1.00. The van der Waals surface area contributed by atoms with Gasteiger partial charge in [-0.2, -0.15) is 0 Å². The maximum Gasteiger partial charge on any atom is 0.221 e. The van der Waals surface area contributed by atoms with Crippen LogP contribution < -0.4 is 5.32 Å². The molecule has 16 heavy (non-hydrogen) atoms. The molecule has 0 saturated carbocycles. The molecule has 0 aliphatic carbocycles. The van der Waals surface area contributed by atoms with Gasteiger partial charge >= 0.3 is 0 Å². The van der Waals surface area contributed by atoms with Crippen LogP contribution in [0, 0.1) is 4.91 Å². The Bertz CT molecular complexity index is 406. The van der Waals surface area contributed by atoms with Crippen molar-refractivity contribution in [2.24, 2.45) is 0 Å². The summed E-state index contributed by atoms with van der Waals surface area (Å²) in [7, 11) is 0. The number of hydrogen-bond donors (Lipinski definition) is 1. The van der Waals surface area contributed by atoms with Crippen LogP contribution in [-0.2, 0) is 12.8 Å². The molecule has 0 spiro atoms. The summed E-state index contributed by atoms with van der Waals surface area (Å²) in [4.78, 5) is 10.8. The fourth-order valence-electron chi connectivity index (χ4n) is 1.61. The zero-order valence-electron chi connectivity index (χ0n) is 8.63. The molecule has 1 aromatic carbocycles. The van der Waals surface area contributed by atoms with Gasteiger partial charge in [0, 0.05) is 17.1 Å². The molecule has 0 bridgehead atoms. The normalized spacial score (nSPS) is 22.8. The molecule has 1 heterocycles. The van der Waals surface area contributed by atoms with Gasteiger partial charge in [0.25, 0.3) is 0 Å². The molecule has 3 nitrogen and oxygen atoms in total. The van der Waals surface area contributed by atoms with Crippen LogP contribution in [0.4, 0.5) is 0 Å². The van der Waals surface area contributed by atoms with Crippen molar-refractivity contribution >= 4 is 24.6 Å². The minimum Gasteiger partial charge on any atom is -0.368 e. The molecular weight excluding hydrogens is 240 g/mol. The fourth-order valence-corrected chi connectivity index (χ4v) is 2.89. The molecule has 1 unspecified atom stereocenters. The van der Waals surface area contributed by atoms with Crippen molar-refractivity contribution in [1.29, 1.82) is 0 Å². The highest BCUT2D eigenvalue weighted by molar-refractivity contribution is 7.99. The lowest BCUT2D eigenvalue weighted by Gasteiger charge is -2.25. The average molecular weight is 252 g/mol.